The second-order valence-corrected chi connectivity index (χ2v) is 5.50. The Hall–Kier alpha value is -0.160. The van der Waals surface area contributed by atoms with Gasteiger partial charge in [-0.15, -0.1) is 0 Å². The molecule has 102 valence electrons. The number of likely N-dealkylation sites (N-methyl/N-ethyl adjacent to an activating group) is 1. The monoisotopic (exact) mass is 244 g/mol. The van der Waals surface area contributed by atoms with Crippen LogP contribution in [0.15, 0.2) is 0 Å². The smallest absolute Gasteiger partial charge is 0.0897 e. The molecule has 1 unspecified atom stereocenters. The molecule has 1 fully saturated rings. The summed E-state index contributed by atoms with van der Waals surface area (Å²) in [5.74, 6) is 0.839. The molecular weight excluding hydrogens is 216 g/mol. The average Bonchev–Trinajstić information content (AvgIpc) is 2.38. The summed E-state index contributed by atoms with van der Waals surface area (Å²) in [4.78, 5) is 2.15. The molecule has 0 aromatic rings. The Balaban J connectivity index is 2.57. The van der Waals surface area contributed by atoms with Gasteiger partial charge in [0, 0.05) is 18.6 Å². The van der Waals surface area contributed by atoms with Gasteiger partial charge in [0.1, 0.15) is 0 Å². The zero-order valence-corrected chi connectivity index (χ0v) is 11.2. The highest BCUT2D eigenvalue weighted by atomic mass is 16.3. The molecule has 4 nitrogen and oxygen atoms in total. The molecule has 0 amide bonds. The van der Waals surface area contributed by atoms with Gasteiger partial charge in [-0.05, 0) is 38.6 Å². The molecule has 0 heterocycles. The predicted molar refractivity (Wildman–Crippen MR) is 69.8 cm³/mol. The van der Waals surface area contributed by atoms with E-state index in [1.165, 1.54) is 19.3 Å². The summed E-state index contributed by atoms with van der Waals surface area (Å²) in [5, 5.41) is 18.4. The first-order valence-corrected chi connectivity index (χ1v) is 6.78. The number of β-amino-alcohol motifs (C(OH)–C–C–N with tert-alkyl or cyclic N) is 1. The van der Waals surface area contributed by atoms with E-state index >= 15 is 0 Å². The first-order valence-electron chi connectivity index (χ1n) is 6.78. The minimum Gasteiger partial charge on any atom is -0.394 e. The zero-order chi connectivity index (χ0) is 12.9. The van der Waals surface area contributed by atoms with Crippen LogP contribution < -0.4 is 5.73 Å². The summed E-state index contributed by atoms with van der Waals surface area (Å²) in [7, 11) is 2.01. The van der Waals surface area contributed by atoms with E-state index in [4.69, 9.17) is 10.8 Å². The third kappa shape index (κ3) is 3.65. The van der Waals surface area contributed by atoms with Crippen molar-refractivity contribution in [1.29, 1.82) is 0 Å². The average molecular weight is 244 g/mol. The van der Waals surface area contributed by atoms with Crippen molar-refractivity contribution in [2.24, 2.45) is 11.7 Å². The molecule has 0 bridgehead atoms. The lowest BCUT2D eigenvalue weighted by Gasteiger charge is -2.46. The van der Waals surface area contributed by atoms with Crippen LogP contribution in [0.1, 0.15) is 39.0 Å². The van der Waals surface area contributed by atoms with Crippen LogP contribution in [0, 0.1) is 5.92 Å². The summed E-state index contributed by atoms with van der Waals surface area (Å²) < 4.78 is 0. The fourth-order valence-corrected chi connectivity index (χ4v) is 2.93. The molecule has 1 saturated carbocycles. The number of nitrogens with zero attached hydrogens (tertiary/aromatic N) is 1. The maximum atomic E-state index is 9.53. The third-order valence-corrected chi connectivity index (χ3v) is 4.50. The molecule has 0 radical (unpaired) electrons. The Labute approximate surface area is 105 Å². The first kappa shape index (κ1) is 14.9. The highest BCUT2D eigenvalue weighted by molar-refractivity contribution is 4.95. The molecule has 0 saturated heterocycles. The summed E-state index contributed by atoms with van der Waals surface area (Å²) in [6, 6.07) is 0. The van der Waals surface area contributed by atoms with E-state index in [0.29, 0.717) is 13.1 Å². The maximum Gasteiger partial charge on any atom is 0.0897 e. The Morgan fingerprint density at radius 1 is 1.41 bits per heavy atom. The van der Waals surface area contributed by atoms with Crippen LogP contribution in [0.5, 0.6) is 0 Å². The van der Waals surface area contributed by atoms with Crippen molar-refractivity contribution < 1.29 is 10.2 Å². The van der Waals surface area contributed by atoms with Gasteiger partial charge in [0.15, 0.2) is 0 Å². The van der Waals surface area contributed by atoms with Crippen molar-refractivity contribution in [1.82, 2.24) is 4.90 Å². The lowest BCUT2D eigenvalue weighted by Crippen LogP contribution is -2.56. The van der Waals surface area contributed by atoms with E-state index in [9.17, 15) is 5.11 Å². The van der Waals surface area contributed by atoms with Crippen molar-refractivity contribution >= 4 is 0 Å². The largest absolute Gasteiger partial charge is 0.394 e. The minimum absolute atomic E-state index is 0.0296. The van der Waals surface area contributed by atoms with Crippen molar-refractivity contribution in [2.75, 3.05) is 26.7 Å². The molecular formula is C13H28N2O2. The van der Waals surface area contributed by atoms with Crippen molar-refractivity contribution in [2.45, 2.75) is 50.7 Å². The Morgan fingerprint density at radius 3 is 2.41 bits per heavy atom. The maximum absolute atomic E-state index is 9.53. The normalized spacial score (nSPS) is 31.8. The van der Waals surface area contributed by atoms with Gasteiger partial charge in [-0.3, -0.25) is 4.90 Å². The van der Waals surface area contributed by atoms with Crippen LogP contribution in [0.25, 0.3) is 0 Å². The molecule has 17 heavy (non-hydrogen) atoms. The fourth-order valence-electron chi connectivity index (χ4n) is 2.93. The summed E-state index contributed by atoms with van der Waals surface area (Å²) >= 11 is 0. The highest BCUT2D eigenvalue weighted by Gasteiger charge is 2.37. The van der Waals surface area contributed by atoms with Crippen molar-refractivity contribution in [3.8, 4) is 0 Å². The van der Waals surface area contributed by atoms with Gasteiger partial charge in [-0.1, -0.05) is 13.3 Å². The van der Waals surface area contributed by atoms with Gasteiger partial charge in [-0.25, -0.2) is 0 Å². The first-order chi connectivity index (χ1) is 8.07. The van der Waals surface area contributed by atoms with Gasteiger partial charge in [0.2, 0.25) is 0 Å². The van der Waals surface area contributed by atoms with Crippen LogP contribution >= 0.6 is 0 Å². The Bertz CT molecular complexity index is 215. The molecule has 0 aromatic heterocycles. The molecule has 0 aliphatic heterocycles. The van der Waals surface area contributed by atoms with E-state index in [2.05, 4.69) is 11.8 Å². The quantitative estimate of drug-likeness (QED) is 0.639. The van der Waals surface area contributed by atoms with Gasteiger partial charge < -0.3 is 15.9 Å². The molecule has 1 atom stereocenters. The van der Waals surface area contributed by atoms with E-state index in [1.54, 1.807) is 0 Å². The van der Waals surface area contributed by atoms with Crippen LogP contribution in [-0.2, 0) is 0 Å². The molecule has 1 aliphatic rings. The van der Waals surface area contributed by atoms with Crippen LogP contribution in [0.3, 0.4) is 0 Å². The Kier molecular flexibility index (Phi) is 5.86. The molecule has 4 N–H and O–H groups in total. The number of aliphatic hydroxyl groups is 2. The standard InChI is InChI=1S/C13H28N2O2/c1-3-11-4-6-13(10-14,7-5-11)15(2)8-12(17)9-16/h11-12,16-17H,3-10,14H2,1-2H3. The molecule has 1 rings (SSSR count). The Morgan fingerprint density at radius 2 is 2.00 bits per heavy atom. The number of nitrogens with two attached hydrogens (primary N) is 1. The van der Waals surface area contributed by atoms with E-state index in [-0.39, 0.29) is 12.1 Å². The van der Waals surface area contributed by atoms with Crippen LogP contribution in [0.2, 0.25) is 0 Å². The van der Waals surface area contributed by atoms with E-state index in [0.717, 1.165) is 18.8 Å². The van der Waals surface area contributed by atoms with E-state index in [1.807, 2.05) is 7.05 Å². The number of hydrogen-bond acceptors (Lipinski definition) is 4. The number of rotatable bonds is 6. The van der Waals surface area contributed by atoms with Crippen molar-refractivity contribution in [3.63, 3.8) is 0 Å². The topological polar surface area (TPSA) is 69.7 Å². The fraction of sp³-hybridized carbons (Fsp3) is 1.00. The lowest BCUT2D eigenvalue weighted by atomic mass is 9.74. The summed E-state index contributed by atoms with van der Waals surface area (Å²) in [5.41, 5.74) is 5.99. The lowest BCUT2D eigenvalue weighted by molar-refractivity contribution is 0.00514. The molecule has 1 aliphatic carbocycles. The number of aliphatic hydroxyl groups excluding tert-OH is 2. The second-order valence-electron chi connectivity index (χ2n) is 5.50. The van der Waals surface area contributed by atoms with Gasteiger partial charge in [0.05, 0.1) is 12.7 Å². The van der Waals surface area contributed by atoms with Gasteiger partial charge >= 0.3 is 0 Å². The zero-order valence-electron chi connectivity index (χ0n) is 11.2. The van der Waals surface area contributed by atoms with Crippen LogP contribution in [0.4, 0.5) is 0 Å². The summed E-state index contributed by atoms with van der Waals surface area (Å²) in [6.45, 7) is 3.21. The highest BCUT2D eigenvalue weighted by Crippen LogP contribution is 2.36. The third-order valence-electron chi connectivity index (χ3n) is 4.50. The SMILES string of the molecule is CCC1CCC(CN)(N(C)CC(O)CO)CC1. The predicted octanol–water partition coefficient (Wildman–Crippen LogP) is 0.569. The van der Waals surface area contributed by atoms with E-state index < -0.39 is 6.10 Å². The molecule has 0 spiro atoms. The van der Waals surface area contributed by atoms with Crippen LogP contribution in [-0.4, -0.2) is 53.5 Å². The second kappa shape index (κ2) is 6.69. The van der Waals surface area contributed by atoms with Crippen molar-refractivity contribution in [3.05, 3.63) is 0 Å². The molecule has 0 aromatic carbocycles. The van der Waals surface area contributed by atoms with Gasteiger partial charge in [0.25, 0.3) is 0 Å². The summed E-state index contributed by atoms with van der Waals surface area (Å²) in [6.07, 6.45) is 5.27. The number of hydrogen-bond donors (Lipinski definition) is 3. The minimum atomic E-state index is -0.660. The van der Waals surface area contributed by atoms with Gasteiger partial charge in [-0.2, -0.15) is 0 Å². The molecule has 4 heteroatoms.